The molecule has 1 aliphatic rings. The molecule has 1 aliphatic heterocycles. The van der Waals surface area contributed by atoms with Gasteiger partial charge < -0.3 is 10.3 Å². The SMILES string of the molecule is CC1CN(c2cnc3cc(NNCl)cnc3n2)CC(C)N1C. The van der Waals surface area contributed by atoms with Gasteiger partial charge in [0.1, 0.15) is 11.3 Å². The van der Waals surface area contributed by atoms with E-state index in [1.165, 1.54) is 0 Å². The smallest absolute Gasteiger partial charge is 0.180 e. The number of likely N-dealkylation sites (N-methyl/N-ethyl adjacent to an activating group) is 1. The molecule has 0 aromatic carbocycles. The largest absolute Gasteiger partial charge is 0.352 e. The highest BCUT2D eigenvalue weighted by Crippen LogP contribution is 2.21. The zero-order valence-electron chi connectivity index (χ0n) is 12.9. The Bertz CT molecular complexity index is 653. The molecule has 0 bridgehead atoms. The number of nitrogens with one attached hydrogen (secondary N) is 2. The van der Waals surface area contributed by atoms with Gasteiger partial charge in [-0.2, -0.15) is 0 Å². The molecule has 22 heavy (non-hydrogen) atoms. The van der Waals surface area contributed by atoms with E-state index < -0.39 is 0 Å². The molecule has 2 aromatic rings. The van der Waals surface area contributed by atoms with E-state index in [0.717, 1.165) is 30.1 Å². The normalized spacial score (nSPS) is 23.0. The van der Waals surface area contributed by atoms with Crippen LogP contribution in [0, 0.1) is 0 Å². The summed E-state index contributed by atoms with van der Waals surface area (Å²) in [4.78, 5) is 20.5. The third-order valence-corrected chi connectivity index (χ3v) is 4.36. The van der Waals surface area contributed by atoms with Crippen molar-refractivity contribution in [3.05, 3.63) is 18.5 Å². The lowest BCUT2D eigenvalue weighted by Gasteiger charge is -2.42. The van der Waals surface area contributed by atoms with Crippen LogP contribution in [0.1, 0.15) is 13.8 Å². The Morgan fingerprint density at radius 1 is 1.18 bits per heavy atom. The Labute approximate surface area is 134 Å². The van der Waals surface area contributed by atoms with E-state index in [4.69, 9.17) is 11.8 Å². The Morgan fingerprint density at radius 2 is 1.91 bits per heavy atom. The number of rotatable bonds is 3. The summed E-state index contributed by atoms with van der Waals surface area (Å²) < 4.78 is 0. The number of nitrogens with zero attached hydrogens (tertiary/aromatic N) is 5. The van der Waals surface area contributed by atoms with Crippen LogP contribution in [0.15, 0.2) is 18.5 Å². The summed E-state index contributed by atoms with van der Waals surface area (Å²) in [7, 11) is 2.17. The van der Waals surface area contributed by atoms with E-state index in [-0.39, 0.29) is 0 Å². The van der Waals surface area contributed by atoms with Gasteiger partial charge in [0, 0.05) is 25.2 Å². The van der Waals surface area contributed by atoms with Crippen LogP contribution < -0.4 is 15.3 Å². The van der Waals surface area contributed by atoms with Crippen LogP contribution >= 0.6 is 11.8 Å². The molecule has 2 unspecified atom stereocenters. The van der Waals surface area contributed by atoms with E-state index >= 15 is 0 Å². The summed E-state index contributed by atoms with van der Waals surface area (Å²) in [6.07, 6.45) is 3.48. The van der Waals surface area contributed by atoms with Gasteiger partial charge in [-0.1, -0.05) is 0 Å². The van der Waals surface area contributed by atoms with Crippen LogP contribution in [0.25, 0.3) is 11.2 Å². The van der Waals surface area contributed by atoms with Crippen molar-refractivity contribution >= 4 is 34.4 Å². The lowest BCUT2D eigenvalue weighted by Crippen LogP contribution is -2.55. The molecule has 0 radical (unpaired) electrons. The summed E-state index contributed by atoms with van der Waals surface area (Å²) in [6, 6.07) is 2.81. The average Bonchev–Trinajstić information content (AvgIpc) is 2.52. The number of hydrazine groups is 1. The summed E-state index contributed by atoms with van der Waals surface area (Å²) >= 11 is 5.42. The topological polar surface area (TPSA) is 69.2 Å². The quantitative estimate of drug-likeness (QED) is 0.657. The Kier molecular flexibility index (Phi) is 4.28. The van der Waals surface area contributed by atoms with Crippen molar-refractivity contribution < 1.29 is 0 Å². The van der Waals surface area contributed by atoms with E-state index in [9.17, 15) is 0 Å². The van der Waals surface area contributed by atoms with Crippen molar-refractivity contribution in [3.63, 3.8) is 0 Å². The number of pyridine rings is 1. The summed E-state index contributed by atoms with van der Waals surface area (Å²) in [6.45, 7) is 6.34. The van der Waals surface area contributed by atoms with Crippen LogP contribution in [0.3, 0.4) is 0 Å². The standard InChI is InChI=1S/C14H20ClN7/c1-9-7-22(8-10(2)21(9)3)13-6-16-12-4-11(19-20-15)5-17-14(12)18-13/h4-6,9-10,19-20H,7-8H2,1-3H3. The Balaban J connectivity index is 1.87. The van der Waals surface area contributed by atoms with E-state index in [1.807, 2.05) is 12.3 Å². The molecule has 3 rings (SSSR count). The first-order valence-electron chi connectivity index (χ1n) is 7.30. The second kappa shape index (κ2) is 6.20. The monoisotopic (exact) mass is 321 g/mol. The van der Waals surface area contributed by atoms with Crippen LogP contribution in [-0.2, 0) is 0 Å². The van der Waals surface area contributed by atoms with E-state index in [1.54, 1.807) is 6.20 Å². The predicted molar refractivity (Wildman–Crippen MR) is 88.8 cm³/mol. The summed E-state index contributed by atoms with van der Waals surface area (Å²) in [5.74, 6) is 0.878. The molecule has 0 spiro atoms. The van der Waals surface area contributed by atoms with Crippen molar-refractivity contribution in [2.75, 3.05) is 30.5 Å². The van der Waals surface area contributed by atoms with E-state index in [2.05, 4.69) is 56.0 Å². The first kappa shape index (κ1) is 15.2. The molecule has 7 nitrogen and oxygen atoms in total. The molecular formula is C14H20ClN7. The fraction of sp³-hybridized carbons (Fsp3) is 0.500. The first-order valence-corrected chi connectivity index (χ1v) is 7.67. The van der Waals surface area contributed by atoms with Gasteiger partial charge in [-0.3, -0.25) is 4.90 Å². The van der Waals surface area contributed by atoms with Crippen molar-refractivity contribution in [3.8, 4) is 0 Å². The van der Waals surface area contributed by atoms with Crippen molar-refractivity contribution in [2.24, 2.45) is 0 Å². The number of piperazine rings is 1. The number of hydrogen-bond acceptors (Lipinski definition) is 7. The minimum atomic E-state index is 0.482. The third-order valence-electron chi connectivity index (χ3n) is 4.26. The van der Waals surface area contributed by atoms with Crippen LogP contribution in [0.4, 0.5) is 11.5 Å². The fourth-order valence-corrected chi connectivity index (χ4v) is 2.87. The molecule has 2 N–H and O–H groups in total. The second-order valence-corrected chi connectivity index (χ2v) is 5.97. The fourth-order valence-electron chi connectivity index (χ4n) is 2.76. The Morgan fingerprint density at radius 3 is 2.59 bits per heavy atom. The Hall–Kier alpha value is -1.70. The molecule has 3 heterocycles. The molecular weight excluding hydrogens is 302 g/mol. The zero-order chi connectivity index (χ0) is 15.7. The van der Waals surface area contributed by atoms with Gasteiger partial charge in [-0.05, 0) is 38.7 Å². The highest BCUT2D eigenvalue weighted by molar-refractivity contribution is 6.14. The van der Waals surface area contributed by atoms with Gasteiger partial charge in [0.2, 0.25) is 0 Å². The van der Waals surface area contributed by atoms with Crippen molar-refractivity contribution in [2.45, 2.75) is 25.9 Å². The molecule has 0 amide bonds. The van der Waals surface area contributed by atoms with Crippen LogP contribution in [0.5, 0.6) is 0 Å². The van der Waals surface area contributed by atoms with Gasteiger partial charge in [0.05, 0.1) is 18.1 Å². The van der Waals surface area contributed by atoms with Gasteiger partial charge in [-0.15, -0.1) is 4.94 Å². The number of fused-ring (bicyclic) bond motifs is 1. The van der Waals surface area contributed by atoms with Crippen molar-refractivity contribution in [1.29, 1.82) is 0 Å². The van der Waals surface area contributed by atoms with E-state index in [0.29, 0.717) is 17.7 Å². The number of halogens is 1. The number of aromatic nitrogens is 3. The predicted octanol–water partition coefficient (Wildman–Crippen LogP) is 1.62. The molecule has 0 saturated carbocycles. The lowest BCUT2D eigenvalue weighted by molar-refractivity contribution is 0.169. The number of hydrogen-bond donors (Lipinski definition) is 2. The summed E-state index contributed by atoms with van der Waals surface area (Å²) in [5, 5.41) is 0. The molecule has 2 aromatic heterocycles. The van der Waals surface area contributed by atoms with Crippen LogP contribution in [-0.4, -0.2) is 52.1 Å². The first-order chi connectivity index (χ1) is 10.6. The molecule has 118 valence electrons. The van der Waals surface area contributed by atoms with Gasteiger partial charge in [0.15, 0.2) is 5.65 Å². The average molecular weight is 322 g/mol. The summed E-state index contributed by atoms with van der Waals surface area (Å²) in [5.41, 5.74) is 4.87. The second-order valence-electron chi connectivity index (χ2n) is 5.78. The van der Waals surface area contributed by atoms with Gasteiger partial charge >= 0.3 is 0 Å². The maximum atomic E-state index is 5.42. The lowest BCUT2D eigenvalue weighted by atomic mass is 10.1. The molecule has 1 fully saturated rings. The zero-order valence-corrected chi connectivity index (χ0v) is 13.7. The molecule has 8 heteroatoms. The molecule has 2 atom stereocenters. The third kappa shape index (κ3) is 2.92. The molecule has 0 aliphatic carbocycles. The maximum Gasteiger partial charge on any atom is 0.180 e. The minimum Gasteiger partial charge on any atom is -0.352 e. The maximum absolute atomic E-state index is 5.42. The molecule has 1 saturated heterocycles. The van der Waals surface area contributed by atoms with Crippen molar-refractivity contribution in [1.82, 2.24) is 24.8 Å². The van der Waals surface area contributed by atoms with Gasteiger partial charge in [0.25, 0.3) is 0 Å². The highest BCUT2D eigenvalue weighted by atomic mass is 35.5. The van der Waals surface area contributed by atoms with Gasteiger partial charge in [-0.25, -0.2) is 15.0 Å². The number of anilines is 2. The highest BCUT2D eigenvalue weighted by Gasteiger charge is 2.27. The van der Waals surface area contributed by atoms with Crippen LogP contribution in [0.2, 0.25) is 0 Å². The minimum absolute atomic E-state index is 0.482.